The average molecular weight is 971 g/mol. The fraction of sp³-hybridized carbons (Fsp3) is 0.654. The molecule has 3 aromatic rings. The van der Waals surface area contributed by atoms with E-state index in [4.69, 9.17) is 13.6 Å². The molecule has 0 amide bonds. The molecule has 3 nitrogen and oxygen atoms in total. The number of aryl methyl sites for hydroxylation is 1. The maximum atomic E-state index is 7.02. The molecule has 4 rings (SSSR count). The van der Waals surface area contributed by atoms with Crippen molar-refractivity contribution in [2.24, 2.45) is 11.3 Å². The monoisotopic (exact) mass is 968 g/mol. The van der Waals surface area contributed by atoms with Crippen molar-refractivity contribution in [3.8, 4) is 28.0 Å². The predicted molar refractivity (Wildman–Crippen MR) is 269 cm³/mol. The summed E-state index contributed by atoms with van der Waals surface area (Å²) >= 11 is 7.85. The second kappa shape index (κ2) is 21.9. The molecule has 7 heteroatoms. The van der Waals surface area contributed by atoms with Gasteiger partial charge in [-0.2, -0.15) is 0 Å². The van der Waals surface area contributed by atoms with Gasteiger partial charge in [-0.1, -0.05) is 143 Å². The minimum absolute atomic E-state index is 0.119. The van der Waals surface area contributed by atoms with Crippen molar-refractivity contribution in [1.82, 2.24) is 0 Å². The summed E-state index contributed by atoms with van der Waals surface area (Å²) in [5.41, 5.74) is 7.82. The van der Waals surface area contributed by atoms with Gasteiger partial charge < -0.3 is 13.6 Å². The van der Waals surface area contributed by atoms with E-state index in [2.05, 4.69) is 175 Å². The maximum Gasteiger partial charge on any atom is 0.192 e. The quantitative estimate of drug-likeness (QED) is 0.0786. The second-order valence-corrected chi connectivity index (χ2v) is 32.5. The van der Waals surface area contributed by atoms with Crippen molar-refractivity contribution in [3.05, 3.63) is 74.7 Å². The zero-order valence-electron chi connectivity index (χ0n) is 39.6. The summed E-state index contributed by atoms with van der Waals surface area (Å²) in [6.07, 6.45) is 16.3. The van der Waals surface area contributed by atoms with Crippen LogP contribution < -0.4 is 4.74 Å². The number of hydrogen-bond acceptors (Lipinski definition) is 3. The Balaban J connectivity index is 1.49. The topological polar surface area (TPSA) is 27.7 Å². The van der Waals surface area contributed by atoms with E-state index in [0.29, 0.717) is 19.8 Å². The van der Waals surface area contributed by atoms with Gasteiger partial charge in [-0.15, -0.1) is 0 Å². The van der Waals surface area contributed by atoms with Crippen LogP contribution in [0.2, 0.25) is 36.3 Å². The molecule has 0 saturated heterocycles. The molecule has 0 unspecified atom stereocenters. The molecular weight excluding hydrogens is 889 g/mol. The van der Waals surface area contributed by atoms with E-state index in [-0.39, 0.29) is 15.5 Å². The summed E-state index contributed by atoms with van der Waals surface area (Å²) < 4.78 is 22.7. The van der Waals surface area contributed by atoms with Crippen molar-refractivity contribution >= 4 is 48.5 Å². The summed E-state index contributed by atoms with van der Waals surface area (Å²) in [6, 6.07) is 21.0. The van der Waals surface area contributed by atoms with Gasteiger partial charge in [-0.25, -0.2) is 0 Å². The zero-order chi connectivity index (χ0) is 43.6. The molecule has 1 saturated carbocycles. The molecule has 0 aliphatic heterocycles. The lowest BCUT2D eigenvalue weighted by Gasteiger charge is -2.44. The van der Waals surface area contributed by atoms with Crippen LogP contribution in [0, 0.1) is 11.3 Å². The Morgan fingerprint density at radius 1 is 0.627 bits per heavy atom. The largest absolute Gasteiger partial charge is 0.491 e. The van der Waals surface area contributed by atoms with Gasteiger partial charge in [0.25, 0.3) is 0 Å². The molecule has 1 aliphatic rings. The van der Waals surface area contributed by atoms with Gasteiger partial charge in [0.1, 0.15) is 5.75 Å². The van der Waals surface area contributed by atoms with Crippen LogP contribution in [0.5, 0.6) is 5.75 Å². The molecule has 0 atom stereocenters. The van der Waals surface area contributed by atoms with Crippen LogP contribution in [0.25, 0.3) is 22.3 Å². The third kappa shape index (κ3) is 13.9. The Hall–Kier alpha value is -1.23. The van der Waals surface area contributed by atoms with Crippen LogP contribution in [0.3, 0.4) is 0 Å². The highest BCUT2D eigenvalue weighted by molar-refractivity contribution is 9.11. The van der Waals surface area contributed by atoms with E-state index >= 15 is 0 Å². The van der Waals surface area contributed by atoms with Crippen molar-refractivity contribution in [1.29, 1.82) is 0 Å². The first kappa shape index (κ1) is 50.4. The van der Waals surface area contributed by atoms with Crippen molar-refractivity contribution in [3.63, 3.8) is 0 Å². The molecule has 59 heavy (non-hydrogen) atoms. The van der Waals surface area contributed by atoms with Gasteiger partial charge in [-0.3, -0.25) is 0 Å². The Morgan fingerprint density at radius 2 is 1.17 bits per heavy atom. The van der Waals surface area contributed by atoms with Gasteiger partial charge >= 0.3 is 0 Å². The molecule has 0 aromatic heterocycles. The normalized spacial score (nSPS) is 17.1. The van der Waals surface area contributed by atoms with Crippen LogP contribution >= 0.6 is 31.9 Å². The number of halogens is 2. The molecule has 1 aliphatic carbocycles. The summed E-state index contributed by atoms with van der Waals surface area (Å²) in [5.74, 6) is 2.52. The highest BCUT2D eigenvalue weighted by Gasteiger charge is 2.43. The van der Waals surface area contributed by atoms with Gasteiger partial charge in [0, 0.05) is 18.6 Å². The van der Waals surface area contributed by atoms with Crippen LogP contribution in [0.4, 0.5) is 0 Å². The van der Waals surface area contributed by atoms with E-state index in [9.17, 15) is 0 Å². The summed E-state index contributed by atoms with van der Waals surface area (Å²) in [5, 5.41) is 0.293. The number of benzene rings is 3. The molecule has 0 radical (unpaired) electrons. The minimum atomic E-state index is -1.97. The number of hydrogen-bond donors (Lipinski definition) is 0. The Morgan fingerprint density at radius 3 is 1.68 bits per heavy atom. The predicted octanol–water partition coefficient (Wildman–Crippen LogP) is 18.0. The molecular formula is C52H82Br2O3Si2. The molecule has 0 N–H and O–H groups in total. The molecule has 330 valence electrons. The number of ether oxygens (including phenoxy) is 1. The van der Waals surface area contributed by atoms with Crippen molar-refractivity contribution in [2.75, 3.05) is 19.8 Å². The Kier molecular flexibility index (Phi) is 18.7. The van der Waals surface area contributed by atoms with Gasteiger partial charge in [0.05, 0.1) is 15.6 Å². The first-order valence-corrected chi connectivity index (χ1v) is 30.7. The third-order valence-corrected chi connectivity index (χ3v) is 24.7. The lowest BCUT2D eigenvalue weighted by Crippen LogP contribution is -2.48. The molecule has 0 heterocycles. The van der Waals surface area contributed by atoms with Gasteiger partial charge in [0.15, 0.2) is 16.6 Å². The number of rotatable bonds is 21. The summed E-state index contributed by atoms with van der Waals surface area (Å²) in [7, 11) is -3.94. The first-order valence-electron chi connectivity index (χ1n) is 23.3. The molecule has 0 spiro atoms. The smallest absolute Gasteiger partial charge is 0.192 e. The third-order valence-electron chi connectivity index (χ3n) is 14.6. The van der Waals surface area contributed by atoms with Crippen LogP contribution in [0.15, 0.2) is 63.5 Å². The second-order valence-electron chi connectivity index (χ2n) is 21.1. The van der Waals surface area contributed by atoms with Crippen LogP contribution in [0.1, 0.15) is 156 Å². The Bertz CT molecular complexity index is 1690. The van der Waals surface area contributed by atoms with E-state index in [0.717, 1.165) is 58.6 Å². The SMILES string of the molecule is CCCCCC1CCC(c2ccc(-c3ccc(-c4cc(Br)c(OCCC(CCCC)(CO[Si](C)(C)C(C)(C)C)CO[Si](C)(C)C(C)(C)C)c(Br)c4)cc3CC)cc2)CC1. The maximum absolute atomic E-state index is 7.02. The van der Waals surface area contributed by atoms with E-state index in [1.165, 1.54) is 84.7 Å². The molecule has 0 bridgehead atoms. The fourth-order valence-electron chi connectivity index (χ4n) is 8.09. The average Bonchev–Trinajstić information content (AvgIpc) is 3.18. The number of unbranched alkanes of at least 4 members (excludes halogenated alkanes) is 3. The highest BCUT2D eigenvalue weighted by atomic mass is 79.9. The lowest BCUT2D eigenvalue weighted by molar-refractivity contribution is 0.0358. The van der Waals surface area contributed by atoms with Crippen LogP contribution in [-0.4, -0.2) is 36.5 Å². The zero-order valence-corrected chi connectivity index (χ0v) is 44.8. The first-order chi connectivity index (χ1) is 27.7. The van der Waals surface area contributed by atoms with Crippen LogP contribution in [-0.2, 0) is 15.3 Å². The van der Waals surface area contributed by atoms with Gasteiger partial charge in [0.2, 0.25) is 0 Å². The molecule has 3 aromatic carbocycles. The van der Waals surface area contributed by atoms with Gasteiger partial charge in [-0.05, 0) is 170 Å². The summed E-state index contributed by atoms with van der Waals surface area (Å²) in [4.78, 5) is 0. The van der Waals surface area contributed by atoms with Crippen molar-refractivity contribution in [2.45, 2.75) is 188 Å². The summed E-state index contributed by atoms with van der Waals surface area (Å²) in [6.45, 7) is 32.3. The van der Waals surface area contributed by atoms with E-state index in [1.807, 2.05) is 0 Å². The molecule has 1 fully saturated rings. The standard InChI is InChI=1S/C52H82Br2O3Si2/c1-14-17-19-20-39-21-23-41(24-22-39)42-25-27-43(28-26-42)46-30-29-44(34-40(46)16-3)45-35-47(53)49(48(54)36-45)55-33-32-52(31-18-15-2,37-56-58(10,11)50(4,5)6)38-57-59(12,13)51(7,8)9/h25-30,34-36,39,41H,14-24,31-33,37-38H2,1-13H3. The van der Waals surface area contributed by atoms with Crippen molar-refractivity contribution < 1.29 is 13.6 Å². The lowest BCUT2D eigenvalue weighted by atomic mass is 9.77. The van der Waals surface area contributed by atoms with E-state index < -0.39 is 16.6 Å². The highest BCUT2D eigenvalue weighted by Crippen LogP contribution is 2.44. The fourth-order valence-corrected chi connectivity index (χ4v) is 11.7. The Labute approximate surface area is 381 Å². The van der Waals surface area contributed by atoms with E-state index in [1.54, 1.807) is 0 Å². The minimum Gasteiger partial charge on any atom is -0.491 e.